The van der Waals surface area contributed by atoms with Gasteiger partial charge < -0.3 is 20.1 Å². The Morgan fingerprint density at radius 2 is 2.23 bits per heavy atom. The van der Waals surface area contributed by atoms with E-state index in [1.54, 1.807) is 25.3 Å². The number of hydrogen-bond donors (Lipinski definition) is 1. The smallest absolute Gasteiger partial charge is 0.254 e. The second kappa shape index (κ2) is 7.49. The van der Waals surface area contributed by atoms with Gasteiger partial charge in [-0.25, -0.2) is 0 Å². The van der Waals surface area contributed by atoms with Crippen LogP contribution in [0, 0.1) is 5.92 Å². The Balaban J connectivity index is 2.15. The lowest BCUT2D eigenvalue weighted by Crippen LogP contribution is -2.45. The van der Waals surface area contributed by atoms with Gasteiger partial charge in [0.2, 0.25) is 0 Å². The van der Waals surface area contributed by atoms with Gasteiger partial charge in [0.15, 0.2) is 11.5 Å². The van der Waals surface area contributed by atoms with E-state index in [-0.39, 0.29) is 11.9 Å². The topological polar surface area (TPSA) is 64.8 Å². The van der Waals surface area contributed by atoms with Crippen LogP contribution in [0.1, 0.15) is 37.0 Å². The zero-order valence-corrected chi connectivity index (χ0v) is 13.7. The highest BCUT2D eigenvalue weighted by molar-refractivity contribution is 5.95. The molecule has 1 aliphatic rings. The first kappa shape index (κ1) is 16.6. The Morgan fingerprint density at radius 1 is 1.45 bits per heavy atom. The van der Waals surface area contributed by atoms with E-state index in [9.17, 15) is 4.79 Å². The number of amides is 1. The Labute approximate surface area is 132 Å². The minimum Gasteiger partial charge on any atom is -0.493 e. The first-order valence-electron chi connectivity index (χ1n) is 7.92. The maximum absolute atomic E-state index is 12.7. The number of ether oxygens (including phenoxy) is 2. The van der Waals surface area contributed by atoms with Crippen LogP contribution < -0.4 is 15.2 Å². The van der Waals surface area contributed by atoms with Crippen LogP contribution in [0.5, 0.6) is 11.5 Å². The molecule has 1 saturated heterocycles. The normalized spacial score (nSPS) is 19.6. The maximum Gasteiger partial charge on any atom is 0.254 e. The highest BCUT2D eigenvalue weighted by atomic mass is 16.5. The number of likely N-dealkylation sites (tertiary alicyclic amines) is 1. The minimum absolute atomic E-state index is 0.0340. The zero-order chi connectivity index (χ0) is 16.1. The second-order valence-corrected chi connectivity index (χ2v) is 5.81. The van der Waals surface area contributed by atoms with Gasteiger partial charge in [-0.15, -0.1) is 0 Å². The fourth-order valence-electron chi connectivity index (χ4n) is 2.88. The molecule has 1 aromatic rings. The first-order chi connectivity index (χ1) is 10.6. The number of methoxy groups -OCH3 is 1. The Morgan fingerprint density at radius 3 is 2.86 bits per heavy atom. The zero-order valence-electron chi connectivity index (χ0n) is 13.7. The van der Waals surface area contributed by atoms with Crippen molar-refractivity contribution in [2.75, 3.05) is 26.8 Å². The predicted octanol–water partition coefficient (Wildman–Crippen LogP) is 2.29. The number of hydrogen-bond acceptors (Lipinski definition) is 4. The van der Waals surface area contributed by atoms with Crippen LogP contribution in [0.2, 0.25) is 0 Å². The summed E-state index contributed by atoms with van der Waals surface area (Å²) < 4.78 is 10.8. The Hall–Kier alpha value is -1.75. The van der Waals surface area contributed by atoms with Gasteiger partial charge in [0, 0.05) is 24.7 Å². The minimum atomic E-state index is 0.0340. The highest BCUT2D eigenvalue weighted by Gasteiger charge is 2.26. The summed E-state index contributed by atoms with van der Waals surface area (Å²) in [6.45, 7) is 6.01. The fraction of sp³-hybridized carbons (Fsp3) is 0.588. The number of carbonyl (C=O) groups excluding carboxylic acids is 1. The number of rotatable bonds is 5. The van der Waals surface area contributed by atoms with Gasteiger partial charge in [-0.3, -0.25) is 4.79 Å². The molecule has 2 rings (SSSR count). The van der Waals surface area contributed by atoms with Gasteiger partial charge in [0.25, 0.3) is 5.91 Å². The van der Waals surface area contributed by atoms with Gasteiger partial charge in [0.05, 0.1) is 13.7 Å². The molecule has 0 aromatic heterocycles. The molecule has 0 radical (unpaired) electrons. The number of nitrogens with two attached hydrogens (primary N) is 1. The lowest BCUT2D eigenvalue weighted by atomic mass is 9.92. The second-order valence-electron chi connectivity index (χ2n) is 5.81. The van der Waals surface area contributed by atoms with E-state index in [2.05, 4.69) is 0 Å². The van der Waals surface area contributed by atoms with E-state index in [0.717, 1.165) is 25.9 Å². The summed E-state index contributed by atoms with van der Waals surface area (Å²) in [5.41, 5.74) is 6.62. The van der Waals surface area contributed by atoms with Crippen molar-refractivity contribution in [2.24, 2.45) is 11.7 Å². The van der Waals surface area contributed by atoms with Crippen LogP contribution in [0.15, 0.2) is 18.2 Å². The quantitative estimate of drug-likeness (QED) is 0.906. The van der Waals surface area contributed by atoms with Gasteiger partial charge >= 0.3 is 0 Å². The molecule has 2 atom stereocenters. The number of nitrogens with zero attached hydrogens (tertiary/aromatic N) is 1. The van der Waals surface area contributed by atoms with Crippen molar-refractivity contribution in [2.45, 2.75) is 32.7 Å². The van der Waals surface area contributed by atoms with Crippen molar-refractivity contribution in [1.82, 2.24) is 4.90 Å². The molecule has 122 valence electrons. The van der Waals surface area contributed by atoms with Crippen LogP contribution in [0.25, 0.3) is 0 Å². The lowest BCUT2D eigenvalue weighted by Gasteiger charge is -2.34. The van der Waals surface area contributed by atoms with Crippen molar-refractivity contribution in [3.63, 3.8) is 0 Å². The molecule has 0 bridgehead atoms. The third-order valence-corrected chi connectivity index (χ3v) is 4.20. The van der Waals surface area contributed by atoms with Gasteiger partial charge in [-0.05, 0) is 50.8 Å². The van der Waals surface area contributed by atoms with Crippen molar-refractivity contribution >= 4 is 5.91 Å². The molecule has 5 nitrogen and oxygen atoms in total. The molecule has 5 heteroatoms. The molecular weight excluding hydrogens is 280 g/mol. The van der Waals surface area contributed by atoms with Crippen LogP contribution in [0.3, 0.4) is 0 Å². The summed E-state index contributed by atoms with van der Waals surface area (Å²) in [7, 11) is 1.58. The van der Waals surface area contributed by atoms with E-state index in [4.69, 9.17) is 15.2 Å². The van der Waals surface area contributed by atoms with Crippen molar-refractivity contribution in [1.29, 1.82) is 0 Å². The van der Waals surface area contributed by atoms with E-state index in [1.165, 1.54) is 0 Å². The maximum atomic E-state index is 12.7. The van der Waals surface area contributed by atoms with Gasteiger partial charge in [0.1, 0.15) is 0 Å². The average Bonchev–Trinajstić information content (AvgIpc) is 2.55. The van der Waals surface area contributed by atoms with E-state index < -0.39 is 0 Å². The average molecular weight is 306 g/mol. The Bertz CT molecular complexity index is 517. The third kappa shape index (κ3) is 3.71. The molecule has 2 unspecified atom stereocenters. The molecule has 1 heterocycles. The largest absolute Gasteiger partial charge is 0.493 e. The van der Waals surface area contributed by atoms with Gasteiger partial charge in [-0.2, -0.15) is 0 Å². The van der Waals surface area contributed by atoms with E-state index in [0.29, 0.717) is 29.6 Å². The van der Waals surface area contributed by atoms with Crippen LogP contribution in [-0.4, -0.2) is 43.7 Å². The molecule has 22 heavy (non-hydrogen) atoms. The summed E-state index contributed by atoms with van der Waals surface area (Å²) >= 11 is 0. The molecule has 0 aliphatic carbocycles. The number of carbonyl (C=O) groups is 1. The van der Waals surface area contributed by atoms with Gasteiger partial charge in [-0.1, -0.05) is 0 Å². The number of benzene rings is 1. The molecule has 1 fully saturated rings. The summed E-state index contributed by atoms with van der Waals surface area (Å²) in [4.78, 5) is 14.6. The van der Waals surface area contributed by atoms with Crippen molar-refractivity contribution in [3.05, 3.63) is 23.8 Å². The monoisotopic (exact) mass is 306 g/mol. The van der Waals surface area contributed by atoms with E-state index in [1.807, 2.05) is 18.7 Å². The number of piperidine rings is 1. The third-order valence-electron chi connectivity index (χ3n) is 4.20. The first-order valence-corrected chi connectivity index (χ1v) is 7.92. The summed E-state index contributed by atoms with van der Waals surface area (Å²) in [5, 5.41) is 0. The highest BCUT2D eigenvalue weighted by Crippen LogP contribution is 2.29. The fourth-order valence-corrected chi connectivity index (χ4v) is 2.88. The molecule has 2 N–H and O–H groups in total. The summed E-state index contributed by atoms with van der Waals surface area (Å²) in [6, 6.07) is 5.46. The van der Waals surface area contributed by atoms with Crippen molar-refractivity contribution < 1.29 is 14.3 Å². The lowest BCUT2D eigenvalue weighted by molar-refractivity contribution is 0.0660. The summed E-state index contributed by atoms with van der Waals surface area (Å²) in [5.74, 6) is 1.66. The predicted molar refractivity (Wildman–Crippen MR) is 86.4 cm³/mol. The van der Waals surface area contributed by atoms with Crippen LogP contribution in [-0.2, 0) is 0 Å². The molecule has 0 saturated carbocycles. The van der Waals surface area contributed by atoms with Crippen LogP contribution in [0.4, 0.5) is 0 Å². The Kier molecular flexibility index (Phi) is 5.66. The van der Waals surface area contributed by atoms with Crippen molar-refractivity contribution in [3.8, 4) is 11.5 Å². The molecule has 1 aromatic carbocycles. The SMILES string of the molecule is CCOc1ccc(C(=O)N2CCCC(C(C)N)C2)cc1OC. The standard InChI is InChI=1S/C17H26N2O3/c1-4-22-15-8-7-13(10-16(15)21-3)17(20)19-9-5-6-14(11-19)12(2)18/h7-8,10,12,14H,4-6,9,11,18H2,1-3H3. The van der Waals surface area contributed by atoms with E-state index >= 15 is 0 Å². The van der Waals surface area contributed by atoms with Crippen LogP contribution >= 0.6 is 0 Å². The molecule has 0 spiro atoms. The molecule has 1 amide bonds. The summed E-state index contributed by atoms with van der Waals surface area (Å²) in [6.07, 6.45) is 2.10. The molecule has 1 aliphatic heterocycles. The molecular formula is C17H26N2O3.